The number of halogens is 1. The molecule has 3 aromatic rings. The maximum Gasteiger partial charge on any atom is 0.251 e. The molecule has 0 atom stereocenters. The molecule has 0 aliphatic heterocycles. The number of carbonyl (C=O) groups excluding carboxylic acids is 1. The monoisotopic (exact) mass is 399 g/mol. The van der Waals surface area contributed by atoms with Gasteiger partial charge in [-0.3, -0.25) is 4.79 Å². The molecule has 0 fully saturated rings. The van der Waals surface area contributed by atoms with E-state index in [1.165, 1.54) is 5.52 Å². The van der Waals surface area contributed by atoms with Crippen LogP contribution in [0.3, 0.4) is 0 Å². The number of aryl methyl sites for hydroxylation is 2. The molecule has 1 N–H and O–H groups in total. The Bertz CT molecular complexity index is 855. The molecule has 4 nitrogen and oxygen atoms in total. The van der Waals surface area contributed by atoms with Gasteiger partial charge in [-0.2, -0.15) is 0 Å². The lowest BCUT2D eigenvalue weighted by atomic mass is 10.1. The number of nitrogens with zero attached hydrogens (tertiary/aromatic N) is 2. The fraction of sp³-hybridized carbons (Fsp3) is 0.300. The van der Waals surface area contributed by atoms with E-state index in [1.54, 1.807) is 0 Å². The standard InChI is InChI=1S/C20H22BrN3O/c1-24-18-8-5-4-7-17(18)23-19(24)9-3-2-6-14-22-20(25)15-10-12-16(21)13-11-15/h4-5,7-8,10-13H,2-3,6,9,14H2,1H3,(H,22,25). The van der Waals surface area contributed by atoms with Gasteiger partial charge < -0.3 is 9.88 Å². The summed E-state index contributed by atoms with van der Waals surface area (Å²) >= 11 is 3.37. The van der Waals surface area contributed by atoms with Crippen LogP contribution in [-0.4, -0.2) is 22.0 Å². The highest BCUT2D eigenvalue weighted by Crippen LogP contribution is 2.16. The van der Waals surface area contributed by atoms with Crippen molar-refractivity contribution in [1.82, 2.24) is 14.9 Å². The summed E-state index contributed by atoms with van der Waals surface area (Å²) < 4.78 is 3.15. The zero-order valence-corrected chi connectivity index (χ0v) is 15.9. The van der Waals surface area contributed by atoms with Gasteiger partial charge in [0.2, 0.25) is 0 Å². The van der Waals surface area contributed by atoms with E-state index in [0.29, 0.717) is 12.1 Å². The molecular weight excluding hydrogens is 378 g/mol. The Hall–Kier alpha value is -2.14. The van der Waals surface area contributed by atoms with Gasteiger partial charge in [-0.25, -0.2) is 4.98 Å². The van der Waals surface area contributed by atoms with Gasteiger partial charge in [-0.05, 0) is 49.2 Å². The summed E-state index contributed by atoms with van der Waals surface area (Å²) in [4.78, 5) is 16.7. The molecule has 2 aromatic carbocycles. The summed E-state index contributed by atoms with van der Waals surface area (Å²) in [5.41, 5.74) is 2.93. The van der Waals surface area contributed by atoms with Crippen LogP contribution < -0.4 is 5.32 Å². The van der Waals surface area contributed by atoms with E-state index in [1.807, 2.05) is 36.4 Å². The van der Waals surface area contributed by atoms with E-state index < -0.39 is 0 Å². The first-order valence-electron chi connectivity index (χ1n) is 8.59. The molecule has 0 unspecified atom stereocenters. The molecule has 0 aliphatic carbocycles. The zero-order valence-electron chi connectivity index (χ0n) is 14.3. The lowest BCUT2D eigenvalue weighted by Gasteiger charge is -2.06. The molecule has 1 aromatic heterocycles. The quantitative estimate of drug-likeness (QED) is 0.595. The average molecular weight is 400 g/mol. The summed E-state index contributed by atoms with van der Waals surface area (Å²) in [5, 5.41) is 2.97. The van der Waals surface area contributed by atoms with Crippen molar-refractivity contribution in [3.63, 3.8) is 0 Å². The van der Waals surface area contributed by atoms with Crippen LogP contribution in [-0.2, 0) is 13.5 Å². The van der Waals surface area contributed by atoms with Gasteiger partial charge in [0.05, 0.1) is 11.0 Å². The number of rotatable bonds is 7. The second-order valence-corrected chi connectivity index (χ2v) is 7.06. The van der Waals surface area contributed by atoms with Gasteiger partial charge in [0, 0.05) is 30.0 Å². The lowest BCUT2D eigenvalue weighted by molar-refractivity contribution is 0.0953. The maximum absolute atomic E-state index is 12.0. The van der Waals surface area contributed by atoms with Gasteiger partial charge in [-0.15, -0.1) is 0 Å². The van der Waals surface area contributed by atoms with Crippen LogP contribution >= 0.6 is 15.9 Å². The highest BCUT2D eigenvalue weighted by Gasteiger charge is 2.07. The van der Waals surface area contributed by atoms with Crippen LogP contribution in [0.2, 0.25) is 0 Å². The maximum atomic E-state index is 12.0. The van der Waals surface area contributed by atoms with Crippen LogP contribution in [0.1, 0.15) is 35.4 Å². The van der Waals surface area contributed by atoms with Crippen molar-refractivity contribution >= 4 is 32.9 Å². The molecule has 1 heterocycles. The Balaban J connectivity index is 1.39. The van der Waals surface area contributed by atoms with Crippen LogP contribution in [0.4, 0.5) is 0 Å². The molecule has 0 spiro atoms. The van der Waals surface area contributed by atoms with Gasteiger partial charge >= 0.3 is 0 Å². The van der Waals surface area contributed by atoms with E-state index in [-0.39, 0.29) is 5.91 Å². The minimum absolute atomic E-state index is 0.0112. The number of aromatic nitrogens is 2. The first kappa shape index (κ1) is 17.7. The number of hydrogen-bond acceptors (Lipinski definition) is 2. The van der Waals surface area contributed by atoms with Crippen molar-refractivity contribution in [1.29, 1.82) is 0 Å². The molecule has 5 heteroatoms. The lowest BCUT2D eigenvalue weighted by Crippen LogP contribution is -2.24. The Kier molecular flexibility index (Phi) is 5.87. The van der Waals surface area contributed by atoms with Gasteiger partial charge in [-0.1, -0.05) is 34.5 Å². The Morgan fingerprint density at radius 3 is 2.60 bits per heavy atom. The van der Waals surface area contributed by atoms with Crippen LogP contribution in [0.5, 0.6) is 0 Å². The van der Waals surface area contributed by atoms with Crippen LogP contribution in [0.15, 0.2) is 53.0 Å². The third-order valence-electron chi connectivity index (χ3n) is 4.35. The second kappa shape index (κ2) is 8.30. The topological polar surface area (TPSA) is 46.9 Å². The number of fused-ring (bicyclic) bond motifs is 1. The van der Waals surface area contributed by atoms with Crippen LogP contribution in [0, 0.1) is 0 Å². The molecule has 0 radical (unpaired) electrons. The third kappa shape index (κ3) is 4.48. The van der Waals surface area contributed by atoms with Crippen molar-refractivity contribution in [3.8, 4) is 0 Å². The van der Waals surface area contributed by atoms with E-state index >= 15 is 0 Å². The van der Waals surface area contributed by atoms with E-state index in [2.05, 4.69) is 45.0 Å². The number of benzene rings is 2. The molecule has 0 aliphatic rings. The Morgan fingerprint density at radius 2 is 1.84 bits per heavy atom. The van der Waals surface area contributed by atoms with Gasteiger partial charge in [0.1, 0.15) is 5.82 Å². The second-order valence-electron chi connectivity index (χ2n) is 6.15. The van der Waals surface area contributed by atoms with Crippen molar-refractivity contribution in [2.75, 3.05) is 6.54 Å². The molecule has 25 heavy (non-hydrogen) atoms. The molecular formula is C20H22BrN3O. The molecule has 130 valence electrons. The van der Waals surface area contributed by atoms with Crippen LogP contribution in [0.25, 0.3) is 11.0 Å². The highest BCUT2D eigenvalue weighted by atomic mass is 79.9. The SMILES string of the molecule is Cn1c(CCCCCNC(=O)c2ccc(Br)cc2)nc2ccccc21. The summed E-state index contributed by atoms with van der Waals surface area (Å²) in [7, 11) is 2.07. The van der Waals surface area contributed by atoms with Crippen molar-refractivity contribution in [2.24, 2.45) is 7.05 Å². The largest absolute Gasteiger partial charge is 0.352 e. The normalized spacial score (nSPS) is 11.0. The number of carbonyl (C=O) groups is 1. The Morgan fingerprint density at radius 1 is 1.08 bits per heavy atom. The first-order valence-corrected chi connectivity index (χ1v) is 9.38. The minimum Gasteiger partial charge on any atom is -0.352 e. The van der Waals surface area contributed by atoms with Gasteiger partial charge in [0.15, 0.2) is 0 Å². The minimum atomic E-state index is -0.0112. The van der Waals surface area contributed by atoms with Crippen molar-refractivity contribution < 1.29 is 4.79 Å². The number of unbranched alkanes of at least 4 members (excludes halogenated alkanes) is 2. The fourth-order valence-corrected chi connectivity index (χ4v) is 3.17. The number of imidazole rings is 1. The third-order valence-corrected chi connectivity index (χ3v) is 4.88. The smallest absolute Gasteiger partial charge is 0.251 e. The summed E-state index contributed by atoms with van der Waals surface area (Å²) in [6.45, 7) is 0.706. The average Bonchev–Trinajstić information content (AvgIpc) is 2.95. The molecule has 0 saturated carbocycles. The molecule has 3 rings (SSSR count). The molecule has 1 amide bonds. The van der Waals surface area contributed by atoms with Gasteiger partial charge in [0.25, 0.3) is 5.91 Å². The van der Waals surface area contributed by atoms with Crippen molar-refractivity contribution in [3.05, 3.63) is 64.4 Å². The first-order chi connectivity index (χ1) is 12.1. The van der Waals surface area contributed by atoms with E-state index in [0.717, 1.165) is 41.5 Å². The number of nitrogens with one attached hydrogen (secondary N) is 1. The molecule has 0 bridgehead atoms. The predicted molar refractivity (Wildman–Crippen MR) is 105 cm³/mol. The van der Waals surface area contributed by atoms with E-state index in [9.17, 15) is 4.79 Å². The number of hydrogen-bond donors (Lipinski definition) is 1. The highest BCUT2D eigenvalue weighted by molar-refractivity contribution is 9.10. The zero-order chi connectivity index (χ0) is 17.6. The number of amides is 1. The Labute approximate surface area is 156 Å². The summed E-state index contributed by atoms with van der Waals surface area (Å²) in [5.74, 6) is 1.11. The number of para-hydroxylation sites is 2. The van der Waals surface area contributed by atoms with Crippen molar-refractivity contribution in [2.45, 2.75) is 25.7 Å². The van der Waals surface area contributed by atoms with E-state index in [4.69, 9.17) is 4.98 Å². The predicted octanol–water partition coefficient (Wildman–Crippen LogP) is 4.48. The molecule has 0 saturated heterocycles. The summed E-state index contributed by atoms with van der Waals surface area (Å²) in [6.07, 6.45) is 4.09. The fourth-order valence-electron chi connectivity index (χ4n) is 2.91. The summed E-state index contributed by atoms with van der Waals surface area (Å²) in [6, 6.07) is 15.6.